The van der Waals surface area contributed by atoms with Crippen molar-refractivity contribution in [1.82, 2.24) is 20.1 Å². The molecule has 6 nitrogen and oxygen atoms in total. The van der Waals surface area contributed by atoms with Gasteiger partial charge in [-0.25, -0.2) is 9.98 Å². The Hall–Kier alpha value is -1.59. The lowest BCUT2D eigenvalue weighted by Gasteiger charge is -2.09. The number of nitrogens with zero attached hydrogens (tertiary/aromatic N) is 4. The average molecular weight is 168 g/mol. The Morgan fingerprint density at radius 2 is 2.50 bits per heavy atom. The van der Waals surface area contributed by atoms with E-state index in [4.69, 9.17) is 5.73 Å². The van der Waals surface area contributed by atoms with E-state index in [1.54, 1.807) is 4.90 Å². The third-order valence-electron chi connectivity index (χ3n) is 1.31. The third-order valence-corrected chi connectivity index (χ3v) is 1.31. The number of hydrogen-bond acceptors (Lipinski definition) is 3. The molecule has 1 rings (SSSR count). The topological polar surface area (TPSA) is 83.2 Å². The number of guanidine groups is 1. The van der Waals surface area contributed by atoms with Gasteiger partial charge in [0.05, 0.1) is 0 Å². The average Bonchev–Trinajstić information content (AvgIpc) is 2.51. The summed E-state index contributed by atoms with van der Waals surface area (Å²) in [6.45, 7) is 0.435. The van der Waals surface area contributed by atoms with Crippen LogP contribution >= 0.6 is 0 Å². The molecule has 1 aromatic rings. The van der Waals surface area contributed by atoms with Gasteiger partial charge in [-0.05, 0) is 0 Å². The first-order valence-electron chi connectivity index (χ1n) is 3.51. The highest BCUT2D eigenvalue weighted by molar-refractivity contribution is 5.77. The van der Waals surface area contributed by atoms with Gasteiger partial charge in [0.1, 0.15) is 18.7 Å². The van der Waals surface area contributed by atoms with Crippen LogP contribution in [-0.4, -0.2) is 40.1 Å². The van der Waals surface area contributed by atoms with Crippen molar-refractivity contribution in [2.45, 2.75) is 6.54 Å². The van der Waals surface area contributed by atoms with E-state index < -0.39 is 0 Å². The van der Waals surface area contributed by atoms with Gasteiger partial charge in [-0.15, -0.1) is 0 Å². The Bertz CT molecular complexity index is 249. The highest BCUT2D eigenvalue weighted by atomic mass is 15.2. The number of aromatic amines is 1. The van der Waals surface area contributed by atoms with Crippen LogP contribution in [0.4, 0.5) is 0 Å². The molecule has 0 bridgehead atoms. The molecule has 12 heavy (non-hydrogen) atoms. The van der Waals surface area contributed by atoms with Gasteiger partial charge >= 0.3 is 0 Å². The van der Waals surface area contributed by atoms with Crippen molar-refractivity contribution < 1.29 is 0 Å². The van der Waals surface area contributed by atoms with Gasteiger partial charge in [0.25, 0.3) is 0 Å². The summed E-state index contributed by atoms with van der Waals surface area (Å²) in [4.78, 5) is 9.68. The first-order valence-corrected chi connectivity index (χ1v) is 3.51. The Morgan fingerprint density at radius 3 is 3.00 bits per heavy atom. The molecule has 6 heteroatoms. The smallest absolute Gasteiger partial charge is 0.191 e. The minimum Gasteiger partial charge on any atom is -0.370 e. The maximum Gasteiger partial charge on any atom is 0.191 e. The quantitative estimate of drug-likeness (QED) is 0.446. The molecule has 0 unspecified atom stereocenters. The molecular weight excluding hydrogens is 156 g/mol. The van der Waals surface area contributed by atoms with Crippen LogP contribution in [0.15, 0.2) is 11.3 Å². The van der Waals surface area contributed by atoms with Gasteiger partial charge in [0.2, 0.25) is 0 Å². The number of rotatable bonds is 2. The Balaban J connectivity index is 2.49. The van der Waals surface area contributed by atoms with Crippen LogP contribution in [0.3, 0.4) is 0 Å². The molecule has 3 N–H and O–H groups in total. The molecule has 0 fully saturated rings. The number of hydrogen-bond donors (Lipinski definition) is 2. The first kappa shape index (κ1) is 8.51. The predicted octanol–water partition coefficient (Wildman–Crippen LogP) is -0.819. The Labute approximate surface area is 70.5 Å². The van der Waals surface area contributed by atoms with Crippen molar-refractivity contribution in [2.75, 3.05) is 14.1 Å². The van der Waals surface area contributed by atoms with Gasteiger partial charge in [0.15, 0.2) is 5.96 Å². The van der Waals surface area contributed by atoms with Crippen LogP contribution in [-0.2, 0) is 6.54 Å². The fourth-order valence-electron chi connectivity index (χ4n) is 0.604. The zero-order valence-electron chi connectivity index (χ0n) is 7.15. The van der Waals surface area contributed by atoms with E-state index >= 15 is 0 Å². The summed E-state index contributed by atoms with van der Waals surface area (Å²) in [5.41, 5.74) is 5.55. The first-order chi connectivity index (χ1) is 5.70. The number of aromatic nitrogens is 3. The highest BCUT2D eigenvalue weighted by Gasteiger charge is 1.95. The summed E-state index contributed by atoms with van der Waals surface area (Å²) in [5, 5.41) is 6.37. The fraction of sp³-hybridized carbons (Fsp3) is 0.500. The van der Waals surface area contributed by atoms with Gasteiger partial charge in [-0.3, -0.25) is 5.10 Å². The lowest BCUT2D eigenvalue weighted by Crippen LogP contribution is -2.30. The van der Waals surface area contributed by atoms with E-state index in [0.29, 0.717) is 18.3 Å². The van der Waals surface area contributed by atoms with E-state index in [0.717, 1.165) is 0 Å². The Kier molecular flexibility index (Phi) is 2.62. The van der Waals surface area contributed by atoms with Crippen LogP contribution in [0.25, 0.3) is 0 Å². The molecular formula is C6H12N6. The van der Waals surface area contributed by atoms with Gasteiger partial charge in [0, 0.05) is 14.1 Å². The summed E-state index contributed by atoms with van der Waals surface area (Å²) in [5.74, 6) is 1.19. The summed E-state index contributed by atoms with van der Waals surface area (Å²) in [6, 6.07) is 0. The maximum absolute atomic E-state index is 5.55. The second-order valence-corrected chi connectivity index (χ2v) is 2.50. The van der Waals surface area contributed by atoms with Crippen LogP contribution in [0.1, 0.15) is 5.82 Å². The number of H-pyrrole nitrogens is 1. The van der Waals surface area contributed by atoms with Crippen LogP contribution in [0.2, 0.25) is 0 Å². The van der Waals surface area contributed by atoms with Gasteiger partial charge in [-0.2, -0.15) is 5.10 Å². The summed E-state index contributed by atoms with van der Waals surface area (Å²) < 4.78 is 0. The zero-order valence-corrected chi connectivity index (χ0v) is 7.15. The molecule has 0 aliphatic rings. The molecule has 0 saturated carbocycles. The van der Waals surface area contributed by atoms with E-state index in [9.17, 15) is 0 Å². The van der Waals surface area contributed by atoms with Crippen molar-refractivity contribution in [3.63, 3.8) is 0 Å². The SMILES string of the molecule is CN(C)C(N)=NCc1ncn[nH]1. The van der Waals surface area contributed by atoms with Crippen molar-refractivity contribution in [1.29, 1.82) is 0 Å². The molecule has 0 spiro atoms. The van der Waals surface area contributed by atoms with Gasteiger partial charge < -0.3 is 10.6 Å². The van der Waals surface area contributed by atoms with E-state index in [-0.39, 0.29) is 0 Å². The molecule has 0 amide bonds. The molecule has 0 saturated heterocycles. The standard InChI is InChI=1S/C6H12N6/c1-12(2)6(7)8-3-5-9-4-10-11-5/h4H,3H2,1-2H3,(H2,7,8)(H,9,10,11). The lowest BCUT2D eigenvalue weighted by atomic mass is 10.6. The predicted molar refractivity (Wildman–Crippen MR) is 45.4 cm³/mol. The van der Waals surface area contributed by atoms with E-state index in [1.165, 1.54) is 6.33 Å². The highest BCUT2D eigenvalue weighted by Crippen LogP contribution is 1.89. The molecule has 0 aromatic carbocycles. The second-order valence-electron chi connectivity index (χ2n) is 2.50. The minimum atomic E-state index is 0.435. The van der Waals surface area contributed by atoms with Crippen LogP contribution < -0.4 is 5.73 Å². The molecule has 0 atom stereocenters. The lowest BCUT2D eigenvalue weighted by molar-refractivity contribution is 0.608. The summed E-state index contributed by atoms with van der Waals surface area (Å²) in [6.07, 6.45) is 1.44. The number of nitrogens with one attached hydrogen (secondary N) is 1. The molecule has 0 radical (unpaired) electrons. The monoisotopic (exact) mass is 168 g/mol. The molecule has 0 aliphatic carbocycles. The summed E-state index contributed by atoms with van der Waals surface area (Å²) in [7, 11) is 3.67. The largest absolute Gasteiger partial charge is 0.370 e. The van der Waals surface area contributed by atoms with E-state index in [1.807, 2.05) is 14.1 Å². The van der Waals surface area contributed by atoms with Crippen molar-refractivity contribution in [3.05, 3.63) is 12.2 Å². The molecule has 1 aromatic heterocycles. The van der Waals surface area contributed by atoms with Gasteiger partial charge in [-0.1, -0.05) is 0 Å². The zero-order chi connectivity index (χ0) is 8.97. The van der Waals surface area contributed by atoms with Crippen LogP contribution in [0, 0.1) is 0 Å². The third kappa shape index (κ3) is 2.22. The summed E-state index contributed by atoms with van der Waals surface area (Å²) >= 11 is 0. The van der Waals surface area contributed by atoms with E-state index in [2.05, 4.69) is 20.2 Å². The van der Waals surface area contributed by atoms with Crippen LogP contribution in [0.5, 0.6) is 0 Å². The normalized spacial score (nSPS) is 11.7. The molecule has 66 valence electrons. The van der Waals surface area contributed by atoms with Crippen molar-refractivity contribution in [3.8, 4) is 0 Å². The second kappa shape index (κ2) is 3.70. The minimum absolute atomic E-state index is 0.435. The number of aliphatic imine (C=N–C) groups is 1. The number of nitrogens with two attached hydrogens (primary N) is 1. The van der Waals surface area contributed by atoms with Crippen molar-refractivity contribution in [2.24, 2.45) is 10.7 Å². The fourth-order valence-corrected chi connectivity index (χ4v) is 0.604. The molecule has 1 heterocycles. The van der Waals surface area contributed by atoms with Crippen molar-refractivity contribution >= 4 is 5.96 Å². The maximum atomic E-state index is 5.55. The molecule has 0 aliphatic heterocycles. The Morgan fingerprint density at radius 1 is 1.75 bits per heavy atom.